The summed E-state index contributed by atoms with van der Waals surface area (Å²) in [5, 5.41) is 10.8. The molecule has 2 N–H and O–H groups in total. The van der Waals surface area contributed by atoms with Crippen LogP contribution < -0.4 is 10.5 Å². The molecule has 0 aliphatic carbocycles. The van der Waals surface area contributed by atoms with E-state index in [9.17, 15) is 14.5 Å². The minimum Gasteiger partial charge on any atom is -0.453 e. The second-order valence-electron chi connectivity index (χ2n) is 3.92. The Labute approximate surface area is 122 Å². The summed E-state index contributed by atoms with van der Waals surface area (Å²) in [5.74, 6) is -0.437. The Morgan fingerprint density at radius 3 is 2.65 bits per heavy atom. The number of benzene rings is 2. The molecular weight excluding hydrogens is 331 g/mol. The van der Waals surface area contributed by atoms with Crippen molar-refractivity contribution in [2.45, 2.75) is 6.54 Å². The number of nitrogens with zero attached hydrogens (tertiary/aromatic N) is 1. The smallest absolute Gasteiger partial charge is 0.287 e. The van der Waals surface area contributed by atoms with E-state index in [2.05, 4.69) is 15.9 Å². The fourth-order valence-electron chi connectivity index (χ4n) is 1.59. The predicted octanol–water partition coefficient (Wildman–Crippen LogP) is 3.75. The summed E-state index contributed by atoms with van der Waals surface area (Å²) in [4.78, 5) is 10.3. The Morgan fingerprint density at radius 2 is 2.05 bits per heavy atom. The Balaban J connectivity index is 2.35. The molecule has 0 aliphatic heterocycles. The fraction of sp³-hybridized carbons (Fsp3) is 0.0769. The number of nitrogens with two attached hydrogens (primary N) is 1. The zero-order chi connectivity index (χ0) is 14.7. The highest BCUT2D eigenvalue weighted by atomic mass is 79.9. The fourth-order valence-corrected chi connectivity index (χ4v) is 2.08. The van der Waals surface area contributed by atoms with Crippen LogP contribution in [0.25, 0.3) is 0 Å². The summed E-state index contributed by atoms with van der Waals surface area (Å²) in [6.07, 6.45) is 0. The van der Waals surface area contributed by atoms with Crippen molar-refractivity contribution in [2.24, 2.45) is 5.73 Å². The molecule has 7 heteroatoms. The van der Waals surface area contributed by atoms with Gasteiger partial charge >= 0.3 is 0 Å². The number of rotatable bonds is 4. The van der Waals surface area contributed by atoms with Crippen molar-refractivity contribution in [3.05, 3.63) is 62.4 Å². The second kappa shape index (κ2) is 5.98. The van der Waals surface area contributed by atoms with Gasteiger partial charge in [0.1, 0.15) is 10.2 Å². The molecule has 0 aliphatic rings. The number of hydrogen-bond acceptors (Lipinski definition) is 4. The topological polar surface area (TPSA) is 78.4 Å². The number of nitro groups is 1. The SMILES string of the molecule is NCc1ccc(Oc2cccc([N+](=O)[O-])c2Br)c(F)c1. The summed E-state index contributed by atoms with van der Waals surface area (Å²) in [7, 11) is 0. The molecule has 0 saturated heterocycles. The molecular formula is C13H10BrFN2O3. The van der Waals surface area contributed by atoms with E-state index in [1.165, 1.54) is 30.3 Å². The van der Waals surface area contributed by atoms with Gasteiger partial charge in [0.25, 0.3) is 5.69 Å². The largest absolute Gasteiger partial charge is 0.453 e. The van der Waals surface area contributed by atoms with Gasteiger partial charge in [0.05, 0.1) is 4.92 Å². The quantitative estimate of drug-likeness (QED) is 0.679. The highest BCUT2D eigenvalue weighted by Crippen LogP contribution is 2.37. The van der Waals surface area contributed by atoms with Crippen LogP contribution >= 0.6 is 15.9 Å². The Bertz CT molecular complexity index is 664. The molecule has 0 unspecified atom stereocenters. The van der Waals surface area contributed by atoms with Crippen LogP contribution in [0.2, 0.25) is 0 Å². The summed E-state index contributed by atoms with van der Waals surface area (Å²) in [5.41, 5.74) is 5.89. The van der Waals surface area contributed by atoms with Crippen LogP contribution in [-0.4, -0.2) is 4.92 Å². The average molecular weight is 341 g/mol. The molecule has 0 aromatic heterocycles. The van der Waals surface area contributed by atoms with Crippen LogP contribution in [-0.2, 0) is 6.54 Å². The van der Waals surface area contributed by atoms with E-state index < -0.39 is 10.7 Å². The van der Waals surface area contributed by atoms with Crippen molar-refractivity contribution in [2.75, 3.05) is 0 Å². The maximum Gasteiger partial charge on any atom is 0.287 e. The molecule has 0 saturated carbocycles. The highest BCUT2D eigenvalue weighted by molar-refractivity contribution is 9.10. The van der Waals surface area contributed by atoms with Crippen molar-refractivity contribution < 1.29 is 14.1 Å². The molecule has 0 spiro atoms. The van der Waals surface area contributed by atoms with Gasteiger partial charge in [0.15, 0.2) is 11.6 Å². The third kappa shape index (κ3) is 2.94. The summed E-state index contributed by atoms with van der Waals surface area (Å²) < 4.78 is 19.3. The molecule has 0 radical (unpaired) electrons. The van der Waals surface area contributed by atoms with Gasteiger partial charge in [0, 0.05) is 12.6 Å². The maximum atomic E-state index is 13.8. The average Bonchev–Trinajstić information content (AvgIpc) is 2.42. The first-order valence-corrected chi connectivity index (χ1v) is 6.41. The maximum absolute atomic E-state index is 13.8. The molecule has 0 fully saturated rings. The lowest BCUT2D eigenvalue weighted by molar-refractivity contribution is -0.385. The lowest BCUT2D eigenvalue weighted by atomic mass is 10.2. The van der Waals surface area contributed by atoms with Crippen molar-refractivity contribution in [3.8, 4) is 11.5 Å². The first-order valence-electron chi connectivity index (χ1n) is 5.62. The van der Waals surface area contributed by atoms with Crippen LogP contribution in [0.4, 0.5) is 10.1 Å². The standard InChI is InChI=1S/C13H10BrFN2O3/c14-13-10(17(18)19)2-1-3-12(13)20-11-5-4-8(7-16)6-9(11)15/h1-6H,7,16H2. The monoisotopic (exact) mass is 340 g/mol. The minimum absolute atomic E-state index is 0.0246. The van der Waals surface area contributed by atoms with Gasteiger partial charge in [-0.3, -0.25) is 10.1 Å². The molecule has 0 amide bonds. The van der Waals surface area contributed by atoms with Crippen molar-refractivity contribution >= 4 is 21.6 Å². The van der Waals surface area contributed by atoms with E-state index >= 15 is 0 Å². The van der Waals surface area contributed by atoms with E-state index in [0.717, 1.165) is 0 Å². The lowest BCUT2D eigenvalue weighted by Gasteiger charge is -2.09. The van der Waals surface area contributed by atoms with Gasteiger partial charge < -0.3 is 10.5 Å². The normalized spacial score (nSPS) is 10.3. The van der Waals surface area contributed by atoms with Gasteiger partial charge in [-0.1, -0.05) is 12.1 Å². The van der Waals surface area contributed by atoms with Crippen LogP contribution in [0.15, 0.2) is 40.9 Å². The van der Waals surface area contributed by atoms with Crippen LogP contribution in [0.3, 0.4) is 0 Å². The van der Waals surface area contributed by atoms with Gasteiger partial charge in [-0.2, -0.15) is 0 Å². The van der Waals surface area contributed by atoms with E-state index in [1.54, 1.807) is 6.07 Å². The Hall–Kier alpha value is -1.99. The first kappa shape index (κ1) is 14.4. The van der Waals surface area contributed by atoms with Gasteiger partial charge in [-0.05, 0) is 39.7 Å². The van der Waals surface area contributed by atoms with Crippen molar-refractivity contribution in [1.82, 2.24) is 0 Å². The molecule has 2 rings (SSSR count). The first-order chi connectivity index (χ1) is 9.52. The second-order valence-corrected chi connectivity index (χ2v) is 4.71. The van der Waals surface area contributed by atoms with Gasteiger partial charge in [0.2, 0.25) is 0 Å². The third-order valence-electron chi connectivity index (χ3n) is 2.59. The Morgan fingerprint density at radius 1 is 1.30 bits per heavy atom. The van der Waals surface area contributed by atoms with E-state index in [0.29, 0.717) is 5.56 Å². The van der Waals surface area contributed by atoms with Crippen molar-refractivity contribution in [1.29, 1.82) is 0 Å². The van der Waals surface area contributed by atoms with E-state index in [-0.39, 0.29) is 28.2 Å². The van der Waals surface area contributed by atoms with Crippen LogP contribution in [0.5, 0.6) is 11.5 Å². The highest BCUT2D eigenvalue weighted by Gasteiger charge is 2.17. The number of nitro benzene ring substituents is 1. The molecule has 2 aromatic rings. The van der Waals surface area contributed by atoms with Gasteiger partial charge in [-0.15, -0.1) is 0 Å². The van der Waals surface area contributed by atoms with Gasteiger partial charge in [-0.25, -0.2) is 4.39 Å². The zero-order valence-electron chi connectivity index (χ0n) is 10.2. The molecule has 0 atom stereocenters. The Kier molecular flexibility index (Phi) is 4.31. The molecule has 5 nitrogen and oxygen atoms in total. The van der Waals surface area contributed by atoms with E-state index in [1.807, 2.05) is 0 Å². The third-order valence-corrected chi connectivity index (χ3v) is 3.39. The van der Waals surface area contributed by atoms with Crippen LogP contribution in [0, 0.1) is 15.9 Å². The van der Waals surface area contributed by atoms with E-state index in [4.69, 9.17) is 10.5 Å². The summed E-state index contributed by atoms with van der Waals surface area (Å²) >= 11 is 3.08. The van der Waals surface area contributed by atoms with Crippen molar-refractivity contribution in [3.63, 3.8) is 0 Å². The van der Waals surface area contributed by atoms with Crippen LogP contribution in [0.1, 0.15) is 5.56 Å². The zero-order valence-corrected chi connectivity index (χ0v) is 11.8. The number of ether oxygens (including phenoxy) is 1. The summed E-state index contributed by atoms with van der Waals surface area (Å²) in [6, 6.07) is 8.62. The molecule has 0 bridgehead atoms. The predicted molar refractivity (Wildman–Crippen MR) is 75.2 cm³/mol. The lowest BCUT2D eigenvalue weighted by Crippen LogP contribution is -1.98. The number of halogens is 2. The molecule has 104 valence electrons. The number of hydrogen-bond donors (Lipinski definition) is 1. The molecule has 20 heavy (non-hydrogen) atoms. The molecule has 2 aromatic carbocycles. The minimum atomic E-state index is -0.577. The molecule has 0 heterocycles. The summed E-state index contributed by atoms with van der Waals surface area (Å²) in [6.45, 7) is 0.220.